The first-order chi connectivity index (χ1) is 13.0. The Kier molecular flexibility index (Phi) is 4.20. The molecule has 0 bridgehead atoms. The number of hydrogen-bond donors (Lipinski definition) is 2. The van der Waals surface area contributed by atoms with Crippen molar-refractivity contribution in [3.8, 4) is 11.1 Å². The molecule has 134 valence electrons. The van der Waals surface area contributed by atoms with Gasteiger partial charge in [0.15, 0.2) is 5.82 Å². The lowest BCUT2D eigenvalue weighted by Crippen LogP contribution is -2.12. The molecule has 0 aliphatic rings. The zero-order valence-electron chi connectivity index (χ0n) is 15.0. The minimum absolute atomic E-state index is 0.248. The summed E-state index contributed by atoms with van der Waals surface area (Å²) in [6.07, 6.45) is 0. The summed E-state index contributed by atoms with van der Waals surface area (Å²) < 4.78 is 13.3. The summed E-state index contributed by atoms with van der Waals surface area (Å²) in [6.45, 7) is 4.17. The Morgan fingerprint density at radius 3 is 2.48 bits per heavy atom. The molecule has 4 nitrogen and oxygen atoms in total. The number of hydrogen-bond acceptors (Lipinski definition) is 2. The summed E-state index contributed by atoms with van der Waals surface area (Å²) in [5.74, 6) is -0.429. The van der Waals surface area contributed by atoms with Crippen LogP contribution in [0.25, 0.3) is 22.0 Å². The third-order valence-electron chi connectivity index (χ3n) is 4.65. The third kappa shape index (κ3) is 3.19. The summed E-state index contributed by atoms with van der Waals surface area (Å²) in [4.78, 5) is 12.4. The summed E-state index contributed by atoms with van der Waals surface area (Å²) in [5, 5.41) is 10.7. The molecule has 2 N–H and O–H groups in total. The van der Waals surface area contributed by atoms with E-state index in [1.54, 1.807) is 6.07 Å². The van der Waals surface area contributed by atoms with Crippen LogP contribution in [-0.2, 0) is 0 Å². The van der Waals surface area contributed by atoms with Gasteiger partial charge in [-0.1, -0.05) is 30.3 Å². The fourth-order valence-electron chi connectivity index (χ4n) is 3.35. The number of aromatic nitrogens is 2. The molecular formula is C22H18FN3O. The number of nitrogens with one attached hydrogen (secondary N) is 2. The van der Waals surface area contributed by atoms with Gasteiger partial charge in [0, 0.05) is 10.9 Å². The van der Waals surface area contributed by atoms with Crippen molar-refractivity contribution >= 4 is 22.6 Å². The van der Waals surface area contributed by atoms with Gasteiger partial charge in [-0.2, -0.15) is 5.10 Å². The maximum absolute atomic E-state index is 13.3. The SMILES string of the molecule is Cc1cccc(C)c1-c1ccc2c(NC(=O)c3cccc(F)c3)n[nH]c2c1. The Bertz CT molecular complexity index is 1140. The van der Waals surface area contributed by atoms with Crippen molar-refractivity contribution in [1.82, 2.24) is 10.2 Å². The topological polar surface area (TPSA) is 57.8 Å². The highest BCUT2D eigenvalue weighted by molar-refractivity contribution is 6.08. The molecule has 27 heavy (non-hydrogen) atoms. The van der Waals surface area contributed by atoms with Crippen LogP contribution in [-0.4, -0.2) is 16.1 Å². The quantitative estimate of drug-likeness (QED) is 0.526. The van der Waals surface area contributed by atoms with E-state index in [9.17, 15) is 9.18 Å². The fourth-order valence-corrected chi connectivity index (χ4v) is 3.35. The number of aromatic amines is 1. The molecule has 0 saturated heterocycles. The average molecular weight is 359 g/mol. The van der Waals surface area contributed by atoms with Gasteiger partial charge in [0.2, 0.25) is 0 Å². The van der Waals surface area contributed by atoms with E-state index in [2.05, 4.69) is 41.5 Å². The zero-order valence-corrected chi connectivity index (χ0v) is 15.0. The van der Waals surface area contributed by atoms with E-state index in [0.29, 0.717) is 5.82 Å². The van der Waals surface area contributed by atoms with Gasteiger partial charge in [0.05, 0.1) is 5.52 Å². The predicted molar refractivity (Wildman–Crippen MR) is 105 cm³/mol. The maximum Gasteiger partial charge on any atom is 0.256 e. The molecular weight excluding hydrogens is 341 g/mol. The van der Waals surface area contributed by atoms with Crippen LogP contribution in [0, 0.1) is 19.7 Å². The Morgan fingerprint density at radius 1 is 1.00 bits per heavy atom. The molecule has 0 unspecified atom stereocenters. The number of nitrogens with zero attached hydrogens (tertiary/aromatic N) is 1. The Morgan fingerprint density at radius 2 is 1.74 bits per heavy atom. The lowest BCUT2D eigenvalue weighted by Gasteiger charge is -2.10. The first-order valence-electron chi connectivity index (χ1n) is 8.64. The van der Waals surface area contributed by atoms with Crippen molar-refractivity contribution in [2.75, 3.05) is 5.32 Å². The summed E-state index contributed by atoms with van der Waals surface area (Å²) in [7, 11) is 0. The molecule has 5 heteroatoms. The maximum atomic E-state index is 13.3. The van der Waals surface area contributed by atoms with Crippen LogP contribution < -0.4 is 5.32 Å². The molecule has 1 heterocycles. The number of aryl methyl sites for hydroxylation is 2. The summed E-state index contributed by atoms with van der Waals surface area (Å²) in [5.41, 5.74) is 5.76. The number of H-pyrrole nitrogens is 1. The fraction of sp³-hybridized carbons (Fsp3) is 0.0909. The molecule has 3 aromatic carbocycles. The standard InChI is InChI=1S/C22H18FN3O/c1-13-5-3-6-14(2)20(13)15-9-10-18-19(12-15)25-26-21(18)24-22(27)16-7-4-8-17(23)11-16/h3-12H,1-2H3,(H2,24,25,26,27). The van der Waals surface area contributed by atoms with Crippen LogP contribution in [0.15, 0.2) is 60.7 Å². The molecule has 0 radical (unpaired) electrons. The highest BCUT2D eigenvalue weighted by Gasteiger charge is 2.13. The van der Waals surface area contributed by atoms with Crippen LogP contribution in [0.2, 0.25) is 0 Å². The van der Waals surface area contributed by atoms with Gasteiger partial charge >= 0.3 is 0 Å². The van der Waals surface area contributed by atoms with Crippen LogP contribution in [0.3, 0.4) is 0 Å². The van der Waals surface area contributed by atoms with E-state index in [1.165, 1.54) is 34.9 Å². The van der Waals surface area contributed by atoms with Crippen molar-refractivity contribution in [1.29, 1.82) is 0 Å². The van der Waals surface area contributed by atoms with Gasteiger partial charge in [-0.3, -0.25) is 9.89 Å². The van der Waals surface area contributed by atoms with E-state index in [0.717, 1.165) is 16.5 Å². The van der Waals surface area contributed by atoms with Gasteiger partial charge in [-0.15, -0.1) is 0 Å². The molecule has 0 spiro atoms. The monoisotopic (exact) mass is 359 g/mol. The van der Waals surface area contributed by atoms with Crippen LogP contribution in [0.5, 0.6) is 0 Å². The molecule has 0 aliphatic heterocycles. The van der Waals surface area contributed by atoms with Crippen molar-refractivity contribution < 1.29 is 9.18 Å². The average Bonchev–Trinajstić information content (AvgIpc) is 3.04. The van der Waals surface area contributed by atoms with Crippen LogP contribution >= 0.6 is 0 Å². The molecule has 1 amide bonds. The van der Waals surface area contributed by atoms with Crippen LogP contribution in [0.1, 0.15) is 21.5 Å². The molecule has 0 saturated carbocycles. The van der Waals surface area contributed by atoms with E-state index >= 15 is 0 Å². The van der Waals surface area contributed by atoms with Crippen molar-refractivity contribution in [2.24, 2.45) is 0 Å². The molecule has 0 fully saturated rings. The van der Waals surface area contributed by atoms with E-state index in [1.807, 2.05) is 24.3 Å². The van der Waals surface area contributed by atoms with Crippen LogP contribution in [0.4, 0.5) is 10.2 Å². The Hall–Kier alpha value is -3.47. The normalized spacial score (nSPS) is 10.9. The molecule has 4 aromatic rings. The minimum Gasteiger partial charge on any atom is -0.305 e. The number of anilines is 1. The first-order valence-corrected chi connectivity index (χ1v) is 8.64. The van der Waals surface area contributed by atoms with E-state index < -0.39 is 11.7 Å². The van der Waals surface area contributed by atoms with Gasteiger partial charge in [-0.25, -0.2) is 4.39 Å². The molecule has 0 aliphatic carbocycles. The van der Waals surface area contributed by atoms with Crippen molar-refractivity contribution in [3.63, 3.8) is 0 Å². The predicted octanol–water partition coefficient (Wildman–Crippen LogP) is 5.24. The number of carbonyl (C=O) groups is 1. The number of rotatable bonds is 3. The number of carbonyl (C=O) groups excluding carboxylic acids is 1. The molecule has 1 aromatic heterocycles. The van der Waals surface area contributed by atoms with Gasteiger partial charge in [0.25, 0.3) is 5.91 Å². The third-order valence-corrected chi connectivity index (χ3v) is 4.65. The molecule has 0 atom stereocenters. The summed E-state index contributed by atoms with van der Waals surface area (Å²) in [6, 6.07) is 17.8. The number of amides is 1. The second-order valence-electron chi connectivity index (χ2n) is 6.56. The minimum atomic E-state index is -0.451. The van der Waals surface area contributed by atoms with Crippen molar-refractivity contribution in [2.45, 2.75) is 13.8 Å². The number of halogens is 1. The van der Waals surface area contributed by atoms with E-state index in [4.69, 9.17) is 0 Å². The summed E-state index contributed by atoms with van der Waals surface area (Å²) >= 11 is 0. The second kappa shape index (κ2) is 6.68. The van der Waals surface area contributed by atoms with Gasteiger partial charge in [0.1, 0.15) is 5.82 Å². The van der Waals surface area contributed by atoms with E-state index in [-0.39, 0.29) is 5.56 Å². The number of fused-ring (bicyclic) bond motifs is 1. The first kappa shape index (κ1) is 17.0. The highest BCUT2D eigenvalue weighted by Crippen LogP contribution is 2.31. The Balaban J connectivity index is 1.68. The van der Waals surface area contributed by atoms with Gasteiger partial charge < -0.3 is 5.32 Å². The second-order valence-corrected chi connectivity index (χ2v) is 6.56. The number of benzene rings is 3. The lowest BCUT2D eigenvalue weighted by molar-refractivity contribution is 0.102. The lowest BCUT2D eigenvalue weighted by atomic mass is 9.95. The highest BCUT2D eigenvalue weighted by atomic mass is 19.1. The van der Waals surface area contributed by atoms with Crippen molar-refractivity contribution in [3.05, 3.63) is 83.2 Å². The zero-order chi connectivity index (χ0) is 19.0. The molecule has 4 rings (SSSR count). The Labute approximate surface area is 156 Å². The largest absolute Gasteiger partial charge is 0.305 e. The van der Waals surface area contributed by atoms with Gasteiger partial charge in [-0.05, 0) is 66.4 Å². The smallest absolute Gasteiger partial charge is 0.256 e.